The fraction of sp³-hybridized carbons (Fsp3) is 0.708. The van der Waals surface area contributed by atoms with Gasteiger partial charge < -0.3 is 14.6 Å². The Morgan fingerprint density at radius 1 is 1.34 bits per heavy atom. The quantitative estimate of drug-likeness (QED) is 0.478. The van der Waals surface area contributed by atoms with Gasteiger partial charge in [0, 0.05) is 18.1 Å². The Balaban J connectivity index is 1.78. The highest BCUT2D eigenvalue weighted by Crippen LogP contribution is 2.68. The molecule has 3 saturated carbocycles. The van der Waals surface area contributed by atoms with Crippen molar-refractivity contribution in [3.05, 3.63) is 23.8 Å². The lowest BCUT2D eigenvalue weighted by molar-refractivity contribution is -0.212. The second kappa shape index (κ2) is 8.14. The third-order valence-corrected chi connectivity index (χ3v) is 8.80. The molecule has 1 N–H and O–H groups in total. The van der Waals surface area contributed by atoms with Crippen LogP contribution in [0.15, 0.2) is 23.8 Å². The first kappa shape index (κ1) is 22.4. The number of fused-ring (bicyclic) bond motifs is 5. The van der Waals surface area contributed by atoms with Gasteiger partial charge in [-0.15, -0.1) is 0 Å². The molecule has 0 amide bonds. The molecular weight excluding hydrogens is 455 g/mol. The number of esters is 2. The van der Waals surface area contributed by atoms with Crippen LogP contribution in [0.5, 0.6) is 0 Å². The van der Waals surface area contributed by atoms with E-state index in [0.29, 0.717) is 12.8 Å². The molecule has 0 radical (unpaired) electrons. The van der Waals surface area contributed by atoms with Gasteiger partial charge in [-0.2, -0.15) is 0 Å². The number of hydrogen-bond acceptors (Lipinski definition) is 6. The van der Waals surface area contributed by atoms with Crippen LogP contribution in [0.4, 0.5) is 0 Å². The number of ether oxygens (including phenoxy) is 2. The molecule has 0 spiro atoms. The zero-order valence-corrected chi connectivity index (χ0v) is 20.0. The highest BCUT2D eigenvalue weighted by atomic mass is 35.5. The standard InChI is InChI=1S/C24H30Cl2O6/c1-4-31-21(30)24(32-20(29)19(25)26)10-8-16-15-6-5-13-11-14(27)7-9-22(13,2)18(15)17(28)12-23(16,24)3/h7,9,11,15-19,28H,4-6,8,10,12H2,1-3H3/t15-,16-,17-,18+,22-,23-,24-/m0/s1/i5T/t5?,15-,16-,17-,18+,22-,23-,24-. The Kier molecular flexibility index (Phi) is 5.70. The van der Waals surface area contributed by atoms with E-state index in [2.05, 4.69) is 0 Å². The van der Waals surface area contributed by atoms with Crippen LogP contribution >= 0.6 is 23.2 Å². The summed E-state index contributed by atoms with van der Waals surface area (Å²) in [7, 11) is 0. The van der Waals surface area contributed by atoms with E-state index in [9.17, 15) is 19.5 Å². The molecule has 0 aromatic rings. The summed E-state index contributed by atoms with van der Waals surface area (Å²) in [6, 6.07) is 0. The van der Waals surface area contributed by atoms with E-state index >= 15 is 0 Å². The van der Waals surface area contributed by atoms with Gasteiger partial charge in [0.25, 0.3) is 0 Å². The van der Waals surface area contributed by atoms with Gasteiger partial charge in [0.1, 0.15) is 0 Å². The molecule has 0 heterocycles. The molecule has 32 heavy (non-hydrogen) atoms. The summed E-state index contributed by atoms with van der Waals surface area (Å²) in [6.45, 7) is 5.62. The van der Waals surface area contributed by atoms with Gasteiger partial charge >= 0.3 is 11.9 Å². The van der Waals surface area contributed by atoms with Crippen molar-refractivity contribution in [3.8, 4) is 0 Å². The number of hydrogen-bond donors (Lipinski definition) is 1. The Morgan fingerprint density at radius 3 is 2.72 bits per heavy atom. The molecule has 8 heteroatoms. The number of aliphatic hydroxyl groups excluding tert-OH is 1. The second-order valence-corrected chi connectivity index (χ2v) is 10.9. The highest BCUT2D eigenvalue weighted by Gasteiger charge is 2.71. The monoisotopic (exact) mass is 486 g/mol. The Hall–Kier alpha value is -1.37. The van der Waals surface area contributed by atoms with Crippen LogP contribution in [0.1, 0.15) is 54.2 Å². The van der Waals surface area contributed by atoms with Crippen LogP contribution in [0.3, 0.4) is 0 Å². The maximum Gasteiger partial charge on any atom is 0.351 e. The summed E-state index contributed by atoms with van der Waals surface area (Å²) >= 11 is 11.5. The minimum atomic E-state index is -1.62. The van der Waals surface area contributed by atoms with Crippen molar-refractivity contribution < 1.29 is 30.3 Å². The minimum absolute atomic E-state index is 0.107. The van der Waals surface area contributed by atoms with Crippen LogP contribution in [-0.2, 0) is 23.9 Å². The van der Waals surface area contributed by atoms with Crippen molar-refractivity contribution in [2.45, 2.75) is 69.4 Å². The fourth-order valence-corrected chi connectivity index (χ4v) is 7.17. The molecular formula is C24H30Cl2O6. The maximum atomic E-state index is 13.3. The Bertz CT molecular complexity index is 934. The Morgan fingerprint density at radius 2 is 2.06 bits per heavy atom. The zero-order chi connectivity index (χ0) is 24.3. The van der Waals surface area contributed by atoms with Crippen molar-refractivity contribution >= 4 is 40.9 Å². The molecule has 176 valence electrons. The smallest absolute Gasteiger partial charge is 0.351 e. The van der Waals surface area contributed by atoms with Gasteiger partial charge in [-0.3, -0.25) is 4.79 Å². The normalized spacial score (nSPS) is 45.3. The minimum Gasteiger partial charge on any atom is -0.463 e. The number of aliphatic hydroxyl groups is 1. The number of rotatable bonds is 4. The second-order valence-electron chi connectivity index (χ2n) is 9.85. The van der Waals surface area contributed by atoms with Crippen molar-refractivity contribution in [1.82, 2.24) is 0 Å². The molecule has 3 fully saturated rings. The van der Waals surface area contributed by atoms with Gasteiger partial charge in [-0.05, 0) is 63.0 Å². The molecule has 4 rings (SSSR count). The Labute approximate surface area is 199 Å². The predicted octanol–water partition coefficient (Wildman–Crippen LogP) is 3.91. The molecule has 0 bridgehead atoms. The topological polar surface area (TPSA) is 89.9 Å². The van der Waals surface area contributed by atoms with Gasteiger partial charge in [0.05, 0.1) is 12.7 Å². The van der Waals surface area contributed by atoms with E-state index in [0.717, 1.165) is 5.57 Å². The average molecular weight is 487 g/mol. The average Bonchev–Trinajstić information content (AvgIpc) is 3.02. The fourth-order valence-electron chi connectivity index (χ4n) is 7.08. The summed E-state index contributed by atoms with van der Waals surface area (Å²) in [5, 5.41) is 11.5. The van der Waals surface area contributed by atoms with E-state index in [1.54, 1.807) is 6.92 Å². The lowest BCUT2D eigenvalue weighted by Crippen LogP contribution is -2.63. The van der Waals surface area contributed by atoms with Crippen LogP contribution in [-0.4, -0.2) is 46.0 Å². The predicted molar refractivity (Wildman–Crippen MR) is 119 cm³/mol. The van der Waals surface area contributed by atoms with E-state index in [4.69, 9.17) is 34.0 Å². The van der Waals surface area contributed by atoms with Crippen LogP contribution < -0.4 is 0 Å². The molecule has 0 saturated heterocycles. The van der Waals surface area contributed by atoms with Crippen LogP contribution in [0, 0.1) is 28.6 Å². The number of carbonyl (C=O) groups excluding carboxylic acids is 3. The van der Waals surface area contributed by atoms with Gasteiger partial charge in [0.2, 0.25) is 10.4 Å². The van der Waals surface area contributed by atoms with E-state index < -0.39 is 45.7 Å². The SMILES string of the molecule is [3H]C1C[C@@H]2[C@H]([C@@H](O)C[C@@]3(C)[C@H]2CC[C@]3(OC(=O)C(Cl)Cl)C(=O)OCC)[C@@]2(C)C=CC(=O)C=C12. The zero-order valence-electron chi connectivity index (χ0n) is 19.5. The summed E-state index contributed by atoms with van der Waals surface area (Å²) in [5.74, 6) is -2.16. The highest BCUT2D eigenvalue weighted by molar-refractivity contribution is 6.53. The summed E-state index contributed by atoms with van der Waals surface area (Å²) in [6.07, 6.45) is 4.88. The van der Waals surface area contributed by atoms with Crippen molar-refractivity contribution in [1.29, 1.82) is 0 Å². The number of halogens is 2. The number of ketones is 1. The first-order chi connectivity index (χ1) is 15.4. The molecule has 1 unspecified atom stereocenters. The largest absolute Gasteiger partial charge is 0.463 e. The van der Waals surface area contributed by atoms with Crippen LogP contribution in [0.25, 0.3) is 0 Å². The van der Waals surface area contributed by atoms with Gasteiger partial charge in [-0.25, -0.2) is 9.59 Å². The molecule has 0 aromatic heterocycles. The van der Waals surface area contributed by atoms with E-state index in [1.807, 2.05) is 19.9 Å². The number of allylic oxidation sites excluding steroid dienone is 4. The summed E-state index contributed by atoms with van der Waals surface area (Å²) in [4.78, 5) is 36.3. The lowest BCUT2D eigenvalue weighted by atomic mass is 9.46. The molecule has 0 aromatic carbocycles. The first-order valence-electron chi connectivity index (χ1n) is 11.7. The summed E-state index contributed by atoms with van der Waals surface area (Å²) < 4.78 is 19.9. The van der Waals surface area contributed by atoms with Crippen molar-refractivity contribution in [2.75, 3.05) is 6.61 Å². The maximum absolute atomic E-state index is 13.3. The third kappa shape index (κ3) is 3.28. The number of alkyl halides is 2. The molecule has 4 aliphatic rings. The van der Waals surface area contributed by atoms with E-state index in [-0.39, 0.29) is 43.0 Å². The van der Waals surface area contributed by atoms with E-state index in [1.165, 1.54) is 12.2 Å². The third-order valence-electron chi connectivity index (χ3n) is 8.45. The molecule has 8 atom stereocenters. The first-order valence-corrected chi connectivity index (χ1v) is 12.0. The van der Waals surface area contributed by atoms with Gasteiger partial charge in [-0.1, -0.05) is 48.7 Å². The van der Waals surface area contributed by atoms with Crippen molar-refractivity contribution in [2.24, 2.45) is 28.6 Å². The van der Waals surface area contributed by atoms with Crippen LogP contribution in [0.2, 0.25) is 0 Å². The van der Waals surface area contributed by atoms with Gasteiger partial charge in [0.15, 0.2) is 5.78 Å². The lowest BCUT2D eigenvalue weighted by Gasteiger charge is -2.59. The number of carbonyl (C=O) groups is 3. The molecule has 4 aliphatic carbocycles. The molecule has 0 aliphatic heterocycles. The summed E-state index contributed by atoms with van der Waals surface area (Å²) in [5.41, 5.74) is -2.45. The van der Waals surface area contributed by atoms with Crippen molar-refractivity contribution in [3.63, 3.8) is 0 Å². The molecule has 6 nitrogen and oxygen atoms in total.